The number of esters is 1. The lowest BCUT2D eigenvalue weighted by Crippen LogP contribution is -2.17. The molecule has 6 nitrogen and oxygen atoms in total. The summed E-state index contributed by atoms with van der Waals surface area (Å²) >= 11 is 0. The minimum absolute atomic E-state index is 0.135. The molecule has 0 atom stereocenters. The van der Waals surface area contributed by atoms with Crippen molar-refractivity contribution < 1.29 is 28.5 Å². The van der Waals surface area contributed by atoms with Crippen LogP contribution < -0.4 is 14.2 Å². The van der Waals surface area contributed by atoms with Crippen LogP contribution in [-0.4, -0.2) is 32.8 Å². The number of methoxy groups -OCH3 is 2. The van der Waals surface area contributed by atoms with Crippen LogP contribution in [0.4, 0.5) is 0 Å². The number of Topliss-reactive ketones (excluding diaryl/α,β-unsaturated/α-hetero) is 1. The Bertz CT molecular complexity index is 1020. The first-order valence-electron chi connectivity index (χ1n) is 11.0. The van der Waals surface area contributed by atoms with Crippen molar-refractivity contribution in [3.63, 3.8) is 0 Å². The van der Waals surface area contributed by atoms with Crippen LogP contribution >= 0.6 is 0 Å². The maximum atomic E-state index is 13.7. The zero-order valence-electron chi connectivity index (χ0n) is 18.5. The lowest BCUT2D eigenvalue weighted by atomic mass is 9.80. The molecule has 1 aliphatic heterocycles. The third kappa shape index (κ3) is 4.64. The Morgan fingerprint density at radius 3 is 2.28 bits per heavy atom. The van der Waals surface area contributed by atoms with Gasteiger partial charge in [-0.2, -0.15) is 0 Å². The van der Waals surface area contributed by atoms with E-state index in [2.05, 4.69) is 0 Å². The van der Waals surface area contributed by atoms with Crippen LogP contribution in [0.2, 0.25) is 0 Å². The average Bonchev–Trinajstić information content (AvgIpc) is 3.32. The minimum Gasteiger partial charge on any atom is -0.497 e. The molecule has 2 aromatic rings. The summed E-state index contributed by atoms with van der Waals surface area (Å²) in [5.74, 6) is 1.50. The van der Waals surface area contributed by atoms with Crippen molar-refractivity contribution in [1.82, 2.24) is 0 Å². The van der Waals surface area contributed by atoms with Crippen molar-refractivity contribution in [2.45, 2.75) is 38.5 Å². The van der Waals surface area contributed by atoms with E-state index in [0.717, 1.165) is 25.7 Å². The van der Waals surface area contributed by atoms with E-state index in [1.54, 1.807) is 49.6 Å². The molecule has 2 aromatic carbocycles. The number of rotatable bonds is 7. The summed E-state index contributed by atoms with van der Waals surface area (Å²) in [6, 6.07) is 12.3. The molecular weight excluding hydrogens is 408 g/mol. The first kappa shape index (κ1) is 21.9. The lowest BCUT2D eigenvalue weighted by molar-refractivity contribution is -0.133. The van der Waals surface area contributed by atoms with Crippen molar-refractivity contribution in [3.8, 4) is 17.2 Å². The van der Waals surface area contributed by atoms with Gasteiger partial charge in [0.05, 0.1) is 19.8 Å². The van der Waals surface area contributed by atoms with Gasteiger partial charge in [-0.15, -0.1) is 0 Å². The second-order valence-corrected chi connectivity index (χ2v) is 8.18. The van der Waals surface area contributed by atoms with Crippen molar-refractivity contribution in [2.24, 2.45) is 5.92 Å². The molecule has 2 aliphatic rings. The molecule has 1 fully saturated rings. The molecule has 4 rings (SSSR count). The standard InChI is InChI=1S/C26H28O6/c1-29-20-11-8-18(9-12-20)25(27)21(14-17-6-4-3-5-7-17)24(26(28)30-2)19-10-13-22-23(15-19)32-16-31-22/h8-13,15,17H,3-7,14,16H2,1-2H3/b24-21-. The number of carbonyl (C=O) groups is 2. The van der Waals surface area contributed by atoms with E-state index in [4.69, 9.17) is 18.9 Å². The van der Waals surface area contributed by atoms with Crippen molar-refractivity contribution >= 4 is 17.3 Å². The maximum absolute atomic E-state index is 13.7. The largest absolute Gasteiger partial charge is 0.497 e. The van der Waals surface area contributed by atoms with E-state index in [1.807, 2.05) is 0 Å². The summed E-state index contributed by atoms with van der Waals surface area (Å²) in [7, 11) is 2.92. The van der Waals surface area contributed by atoms with Crippen LogP contribution in [0, 0.1) is 5.92 Å². The molecule has 0 amide bonds. The summed E-state index contributed by atoms with van der Waals surface area (Å²) in [5, 5.41) is 0. The van der Waals surface area contributed by atoms with Gasteiger partial charge in [-0.3, -0.25) is 4.79 Å². The number of ketones is 1. The molecule has 1 aliphatic carbocycles. The van der Waals surface area contributed by atoms with E-state index in [9.17, 15) is 9.59 Å². The molecule has 1 heterocycles. The Kier molecular flexibility index (Phi) is 6.78. The van der Waals surface area contributed by atoms with Crippen LogP contribution in [0.1, 0.15) is 54.4 Å². The fourth-order valence-corrected chi connectivity index (χ4v) is 4.47. The number of fused-ring (bicyclic) bond motifs is 1. The molecule has 0 aromatic heterocycles. The molecule has 0 N–H and O–H groups in total. The number of ether oxygens (including phenoxy) is 4. The monoisotopic (exact) mass is 436 g/mol. The van der Waals surface area contributed by atoms with Gasteiger partial charge in [-0.1, -0.05) is 38.2 Å². The molecule has 0 unspecified atom stereocenters. The highest BCUT2D eigenvalue weighted by atomic mass is 16.7. The zero-order valence-corrected chi connectivity index (χ0v) is 18.5. The highest BCUT2D eigenvalue weighted by Gasteiger charge is 2.28. The van der Waals surface area contributed by atoms with Gasteiger partial charge in [0.2, 0.25) is 6.79 Å². The number of benzene rings is 2. The van der Waals surface area contributed by atoms with Gasteiger partial charge in [0.25, 0.3) is 0 Å². The zero-order chi connectivity index (χ0) is 22.5. The SMILES string of the molecule is COC(=O)/C(=C(/CC1CCCCC1)C(=O)c1ccc(OC)cc1)c1ccc2c(c1)OCO2. The predicted octanol–water partition coefficient (Wildman–Crippen LogP) is 5.20. The van der Waals surface area contributed by atoms with Gasteiger partial charge in [0.15, 0.2) is 17.3 Å². The quantitative estimate of drug-likeness (QED) is 0.337. The van der Waals surface area contributed by atoms with E-state index >= 15 is 0 Å². The first-order valence-corrected chi connectivity index (χ1v) is 11.0. The van der Waals surface area contributed by atoms with Crippen molar-refractivity contribution in [1.29, 1.82) is 0 Å². The lowest BCUT2D eigenvalue weighted by Gasteiger charge is -2.24. The number of carbonyl (C=O) groups excluding carboxylic acids is 2. The Labute approximate surface area is 188 Å². The van der Waals surface area contributed by atoms with Crippen LogP contribution in [0.25, 0.3) is 5.57 Å². The second kappa shape index (κ2) is 9.90. The third-order valence-electron chi connectivity index (χ3n) is 6.20. The highest BCUT2D eigenvalue weighted by Crippen LogP contribution is 2.38. The smallest absolute Gasteiger partial charge is 0.338 e. The van der Waals surface area contributed by atoms with Gasteiger partial charge < -0.3 is 18.9 Å². The average molecular weight is 437 g/mol. The van der Waals surface area contributed by atoms with Gasteiger partial charge in [0, 0.05) is 11.1 Å². The van der Waals surface area contributed by atoms with E-state index < -0.39 is 5.97 Å². The number of hydrogen-bond donors (Lipinski definition) is 0. The minimum atomic E-state index is -0.531. The molecule has 0 bridgehead atoms. The van der Waals surface area contributed by atoms with Gasteiger partial charge in [0.1, 0.15) is 5.75 Å². The van der Waals surface area contributed by atoms with Crippen LogP contribution in [-0.2, 0) is 9.53 Å². The molecule has 0 radical (unpaired) electrons. The molecular formula is C26H28O6. The fraction of sp³-hybridized carbons (Fsp3) is 0.385. The van der Waals surface area contributed by atoms with Crippen molar-refractivity contribution in [3.05, 3.63) is 59.2 Å². The molecule has 1 saturated carbocycles. The topological polar surface area (TPSA) is 71.1 Å². The van der Waals surface area contributed by atoms with Gasteiger partial charge in [-0.05, 0) is 54.3 Å². The van der Waals surface area contributed by atoms with E-state index in [0.29, 0.717) is 46.3 Å². The van der Waals surface area contributed by atoms with Gasteiger partial charge in [-0.25, -0.2) is 4.79 Å². The summed E-state index contributed by atoms with van der Waals surface area (Å²) in [5.41, 5.74) is 1.87. The normalized spacial score (nSPS) is 16.3. The Morgan fingerprint density at radius 1 is 0.906 bits per heavy atom. The molecule has 32 heavy (non-hydrogen) atoms. The van der Waals surface area contributed by atoms with Gasteiger partial charge >= 0.3 is 5.97 Å². The van der Waals surface area contributed by atoms with E-state index in [1.165, 1.54) is 13.5 Å². The van der Waals surface area contributed by atoms with E-state index in [-0.39, 0.29) is 18.1 Å². The summed E-state index contributed by atoms with van der Waals surface area (Å²) < 4.78 is 21.3. The Morgan fingerprint density at radius 2 is 1.59 bits per heavy atom. The fourth-order valence-electron chi connectivity index (χ4n) is 4.47. The predicted molar refractivity (Wildman–Crippen MR) is 120 cm³/mol. The van der Waals surface area contributed by atoms with Crippen molar-refractivity contribution in [2.75, 3.05) is 21.0 Å². The molecule has 6 heteroatoms. The third-order valence-corrected chi connectivity index (χ3v) is 6.20. The van der Waals surface area contributed by atoms with Crippen LogP contribution in [0.15, 0.2) is 48.0 Å². The Hall–Kier alpha value is -3.28. The summed E-state index contributed by atoms with van der Waals surface area (Å²) in [4.78, 5) is 26.7. The molecule has 0 spiro atoms. The number of allylic oxidation sites excluding steroid dienone is 1. The van der Waals surface area contributed by atoms with Crippen LogP contribution in [0.3, 0.4) is 0 Å². The summed E-state index contributed by atoms with van der Waals surface area (Å²) in [6.07, 6.45) is 6.14. The number of hydrogen-bond acceptors (Lipinski definition) is 6. The highest BCUT2D eigenvalue weighted by molar-refractivity contribution is 6.26. The summed E-state index contributed by atoms with van der Waals surface area (Å²) in [6.45, 7) is 0.135. The second-order valence-electron chi connectivity index (χ2n) is 8.18. The maximum Gasteiger partial charge on any atom is 0.338 e. The Balaban J connectivity index is 1.82. The molecule has 168 valence electrons. The van der Waals surface area contributed by atoms with Crippen LogP contribution in [0.5, 0.6) is 17.2 Å². The molecule has 0 saturated heterocycles. The first-order chi connectivity index (χ1) is 15.6.